The number of aromatic hydroxyl groups is 1. The first-order valence-corrected chi connectivity index (χ1v) is 13.3. The van der Waals surface area contributed by atoms with Gasteiger partial charge in [-0.15, -0.1) is 9.24 Å². The molecule has 0 spiro atoms. The third kappa shape index (κ3) is 3.82. The summed E-state index contributed by atoms with van der Waals surface area (Å²) in [7, 11) is 2.68. The second kappa shape index (κ2) is 8.86. The van der Waals surface area contributed by atoms with Gasteiger partial charge in [0.05, 0.1) is 11.0 Å². The predicted octanol–water partition coefficient (Wildman–Crippen LogP) is 7.38. The van der Waals surface area contributed by atoms with Crippen LogP contribution in [-0.2, 0) is 0 Å². The molecule has 37 heavy (non-hydrogen) atoms. The molecule has 1 unspecified atom stereocenters. The number of ether oxygens (including phenoxy) is 1. The Labute approximate surface area is 217 Å². The Morgan fingerprint density at radius 1 is 0.838 bits per heavy atom. The predicted molar refractivity (Wildman–Crippen MR) is 153 cm³/mol. The van der Waals surface area contributed by atoms with E-state index in [2.05, 4.69) is 67.3 Å². The van der Waals surface area contributed by atoms with Crippen molar-refractivity contribution in [3.8, 4) is 23.2 Å². The number of hydrogen-bond acceptors (Lipinski definition) is 4. The normalized spacial score (nSPS) is 14.2. The van der Waals surface area contributed by atoms with Crippen LogP contribution < -0.4 is 10.0 Å². The molecule has 0 aliphatic heterocycles. The fourth-order valence-corrected chi connectivity index (χ4v) is 6.04. The molecule has 1 aliphatic rings. The first kappa shape index (κ1) is 22.3. The van der Waals surface area contributed by atoms with Crippen molar-refractivity contribution in [2.45, 2.75) is 31.6 Å². The number of hydrogen-bond donors (Lipinski definition) is 1. The highest BCUT2D eigenvalue weighted by molar-refractivity contribution is 7.28. The maximum atomic E-state index is 10.3. The van der Waals surface area contributed by atoms with E-state index in [1.54, 1.807) is 6.07 Å². The second-order valence-electron chi connectivity index (χ2n) is 9.78. The zero-order valence-corrected chi connectivity index (χ0v) is 21.4. The Morgan fingerprint density at radius 3 is 2.54 bits per heavy atom. The molecule has 6 aromatic rings. The van der Waals surface area contributed by atoms with Gasteiger partial charge in [0, 0.05) is 34.5 Å². The maximum absolute atomic E-state index is 10.3. The van der Waals surface area contributed by atoms with E-state index < -0.39 is 0 Å². The molecule has 0 amide bonds. The lowest BCUT2D eigenvalue weighted by Crippen LogP contribution is -2.01. The summed E-state index contributed by atoms with van der Waals surface area (Å²) in [5.74, 6) is 2.79. The van der Waals surface area contributed by atoms with Crippen molar-refractivity contribution in [1.29, 1.82) is 0 Å². The lowest BCUT2D eigenvalue weighted by molar-refractivity contribution is 0.460. The Bertz CT molecular complexity index is 1800. The van der Waals surface area contributed by atoms with Crippen LogP contribution in [0.15, 0.2) is 85.1 Å². The number of benzene rings is 3. The molecule has 3 aromatic heterocycles. The Balaban J connectivity index is 1.36. The first-order chi connectivity index (χ1) is 18.2. The molecule has 1 atom stereocenters. The van der Waals surface area contributed by atoms with Gasteiger partial charge in [-0.05, 0) is 72.1 Å². The summed E-state index contributed by atoms with van der Waals surface area (Å²) in [6.45, 7) is 0. The average Bonchev–Trinajstić information content (AvgIpc) is 3.58. The van der Waals surface area contributed by atoms with E-state index in [0.717, 1.165) is 32.9 Å². The minimum Gasteiger partial charge on any atom is -0.506 e. The summed E-state index contributed by atoms with van der Waals surface area (Å²) >= 11 is 0. The highest BCUT2D eigenvalue weighted by atomic mass is 31.0. The van der Waals surface area contributed by atoms with Crippen molar-refractivity contribution >= 4 is 47.3 Å². The minimum atomic E-state index is 0.135. The number of fused-ring (bicyclic) bond motifs is 4. The lowest BCUT2D eigenvalue weighted by Gasteiger charge is -2.13. The fourth-order valence-electron chi connectivity index (χ4n) is 5.71. The minimum absolute atomic E-state index is 0.135. The molecule has 6 heteroatoms. The van der Waals surface area contributed by atoms with Gasteiger partial charge in [0.25, 0.3) is 0 Å². The fraction of sp³-hybridized carbons (Fsp3) is 0.161. The first-order valence-electron chi connectivity index (χ1n) is 12.7. The van der Waals surface area contributed by atoms with Crippen molar-refractivity contribution in [2.24, 2.45) is 0 Å². The molecule has 1 fully saturated rings. The number of aromatic nitrogens is 3. The number of rotatable bonds is 4. The molecular formula is C31H26N3O2P. The number of phenolic OH excluding ortho intramolecular Hbond substituents is 1. The summed E-state index contributed by atoms with van der Waals surface area (Å²) in [5.41, 5.74) is 4.04. The van der Waals surface area contributed by atoms with E-state index >= 15 is 0 Å². The molecular weight excluding hydrogens is 477 g/mol. The van der Waals surface area contributed by atoms with Crippen LogP contribution >= 0.6 is 9.24 Å². The van der Waals surface area contributed by atoms with Gasteiger partial charge in [0.1, 0.15) is 22.8 Å². The number of pyridine rings is 2. The molecule has 5 nitrogen and oxygen atoms in total. The van der Waals surface area contributed by atoms with E-state index in [1.807, 2.05) is 30.5 Å². The molecule has 0 saturated heterocycles. The second-order valence-corrected chi connectivity index (χ2v) is 10.4. The molecule has 182 valence electrons. The summed E-state index contributed by atoms with van der Waals surface area (Å²) in [4.78, 5) is 9.38. The van der Waals surface area contributed by atoms with Crippen LogP contribution in [-0.4, -0.2) is 19.6 Å². The van der Waals surface area contributed by atoms with Crippen molar-refractivity contribution in [3.63, 3.8) is 0 Å². The van der Waals surface area contributed by atoms with Crippen LogP contribution in [0, 0.1) is 0 Å². The van der Waals surface area contributed by atoms with Crippen LogP contribution in [0.2, 0.25) is 0 Å². The van der Waals surface area contributed by atoms with Crippen LogP contribution in [0.1, 0.15) is 37.2 Å². The maximum Gasteiger partial charge on any atom is 0.219 e. The smallest absolute Gasteiger partial charge is 0.219 e. The quantitative estimate of drug-likeness (QED) is 0.255. The molecule has 7 rings (SSSR count). The molecule has 0 bridgehead atoms. The van der Waals surface area contributed by atoms with E-state index in [4.69, 9.17) is 9.72 Å². The molecule has 1 saturated carbocycles. The van der Waals surface area contributed by atoms with Crippen molar-refractivity contribution < 1.29 is 9.84 Å². The average molecular weight is 504 g/mol. The van der Waals surface area contributed by atoms with Gasteiger partial charge in [0.15, 0.2) is 0 Å². The zero-order chi connectivity index (χ0) is 24.9. The third-order valence-corrected chi connectivity index (χ3v) is 8.04. The van der Waals surface area contributed by atoms with Gasteiger partial charge >= 0.3 is 0 Å². The summed E-state index contributed by atoms with van der Waals surface area (Å²) in [5, 5.41) is 14.5. The van der Waals surface area contributed by atoms with Gasteiger partial charge in [-0.2, -0.15) is 0 Å². The molecule has 3 heterocycles. The Hall–Kier alpha value is -3.95. The van der Waals surface area contributed by atoms with Crippen molar-refractivity contribution in [2.75, 3.05) is 0 Å². The standard InChI is InChI=1S/C31H26N3O2P/c35-27-12-13-28(37)24-11-14-30(33-31(24)27)36-21-9-10-23-22-7-3-4-8-25(22)34(26(23)18-21)29-17-20(15-16-32-29)19-5-1-2-6-19/h3-4,7-19,35H,1-2,5-6,37H2. The van der Waals surface area contributed by atoms with Crippen molar-refractivity contribution in [1.82, 2.24) is 14.5 Å². The highest BCUT2D eigenvalue weighted by Crippen LogP contribution is 2.38. The van der Waals surface area contributed by atoms with Crippen LogP contribution in [0.4, 0.5) is 0 Å². The summed E-state index contributed by atoms with van der Waals surface area (Å²) in [6.07, 6.45) is 7.05. The number of para-hydroxylation sites is 1. The molecule has 0 radical (unpaired) electrons. The monoisotopic (exact) mass is 503 g/mol. The number of phenols is 1. The molecule has 1 aliphatic carbocycles. The van der Waals surface area contributed by atoms with E-state index in [9.17, 15) is 5.11 Å². The zero-order valence-electron chi connectivity index (χ0n) is 20.3. The van der Waals surface area contributed by atoms with Gasteiger partial charge in [-0.25, -0.2) is 9.97 Å². The molecule has 3 aromatic carbocycles. The van der Waals surface area contributed by atoms with E-state index in [-0.39, 0.29) is 5.75 Å². The Kier molecular flexibility index (Phi) is 5.33. The summed E-state index contributed by atoms with van der Waals surface area (Å²) < 4.78 is 8.45. The topological polar surface area (TPSA) is 60.2 Å². The highest BCUT2D eigenvalue weighted by Gasteiger charge is 2.19. The third-order valence-electron chi connectivity index (χ3n) is 7.54. The van der Waals surface area contributed by atoms with Crippen LogP contribution in [0.3, 0.4) is 0 Å². The SMILES string of the molecule is Oc1ccc(P)c2ccc(Oc3ccc4c5ccccc5n(-c5cc(C6CCCC6)ccn5)c4c3)nc12. The van der Waals surface area contributed by atoms with Gasteiger partial charge < -0.3 is 9.84 Å². The Morgan fingerprint density at radius 2 is 1.65 bits per heavy atom. The van der Waals surface area contributed by atoms with E-state index in [0.29, 0.717) is 23.1 Å². The largest absolute Gasteiger partial charge is 0.506 e. The number of nitrogens with zero attached hydrogens (tertiary/aromatic N) is 3. The van der Waals surface area contributed by atoms with Crippen LogP contribution in [0.25, 0.3) is 38.5 Å². The van der Waals surface area contributed by atoms with Crippen molar-refractivity contribution in [3.05, 3.63) is 90.6 Å². The van der Waals surface area contributed by atoms with Gasteiger partial charge in [0.2, 0.25) is 5.88 Å². The lowest BCUT2D eigenvalue weighted by atomic mass is 9.99. The molecule has 1 N–H and O–H groups in total. The van der Waals surface area contributed by atoms with Gasteiger partial charge in [-0.3, -0.25) is 4.57 Å². The summed E-state index contributed by atoms with van der Waals surface area (Å²) in [6, 6.07) is 26.3. The van der Waals surface area contributed by atoms with E-state index in [1.165, 1.54) is 36.6 Å². The van der Waals surface area contributed by atoms with Gasteiger partial charge in [-0.1, -0.05) is 37.1 Å². The van der Waals surface area contributed by atoms with Crippen LogP contribution in [0.5, 0.6) is 17.4 Å².